The van der Waals surface area contributed by atoms with Gasteiger partial charge >= 0.3 is 6.18 Å². The van der Waals surface area contributed by atoms with Crippen molar-refractivity contribution in [2.24, 2.45) is 5.10 Å². The molecule has 7 nitrogen and oxygen atoms in total. The van der Waals surface area contributed by atoms with Crippen molar-refractivity contribution in [1.82, 2.24) is 9.99 Å². The molecule has 0 unspecified atom stereocenters. The van der Waals surface area contributed by atoms with Crippen LogP contribution in [0.1, 0.15) is 22.5 Å². The van der Waals surface area contributed by atoms with Crippen LogP contribution in [0.25, 0.3) is 5.69 Å². The standard InChI is InChI=1S/C28H23Cl2F3N4O3S/c1-18-13-20(19(2)37(18)23-8-6-7-21(29)14-23)16-34-35-27(38)17-36(41(39,40)24-9-4-3-5-10-24)22-11-12-26(30)25(15-22)28(31,32)33/h3-16H,17H2,1-2H3,(H,35,38)/b34-16+. The average molecular weight is 623 g/mol. The molecular weight excluding hydrogens is 600 g/mol. The summed E-state index contributed by atoms with van der Waals surface area (Å²) >= 11 is 11.9. The SMILES string of the molecule is Cc1cc(/C=N/NC(=O)CN(c2ccc(Cl)c(C(F)(F)F)c2)S(=O)(=O)c2ccccc2)c(C)n1-c1cccc(Cl)c1. The van der Waals surface area contributed by atoms with Crippen LogP contribution in [0.4, 0.5) is 18.9 Å². The Morgan fingerprint density at radius 3 is 2.37 bits per heavy atom. The van der Waals surface area contributed by atoms with Gasteiger partial charge in [0, 0.05) is 27.7 Å². The van der Waals surface area contributed by atoms with Crippen molar-refractivity contribution in [1.29, 1.82) is 0 Å². The Labute approximate surface area is 244 Å². The molecule has 1 aromatic heterocycles. The number of anilines is 1. The molecule has 0 aliphatic carbocycles. The lowest BCUT2D eigenvalue weighted by molar-refractivity contribution is -0.137. The molecule has 1 amide bonds. The van der Waals surface area contributed by atoms with Crippen LogP contribution in [0, 0.1) is 13.8 Å². The molecule has 41 heavy (non-hydrogen) atoms. The monoisotopic (exact) mass is 622 g/mol. The van der Waals surface area contributed by atoms with E-state index in [9.17, 15) is 26.4 Å². The predicted molar refractivity (Wildman–Crippen MR) is 153 cm³/mol. The summed E-state index contributed by atoms with van der Waals surface area (Å²) in [6, 6.07) is 18.7. The fraction of sp³-hybridized carbons (Fsp3) is 0.143. The zero-order valence-corrected chi connectivity index (χ0v) is 24.0. The summed E-state index contributed by atoms with van der Waals surface area (Å²) in [6.07, 6.45) is -3.46. The van der Waals surface area contributed by atoms with Crippen molar-refractivity contribution < 1.29 is 26.4 Å². The number of halogens is 5. The first-order chi connectivity index (χ1) is 19.3. The third-order valence-corrected chi connectivity index (χ3v) is 8.44. The number of hydrogen-bond donors (Lipinski definition) is 1. The normalized spacial score (nSPS) is 12.1. The first-order valence-corrected chi connectivity index (χ1v) is 14.2. The van der Waals surface area contributed by atoms with Gasteiger partial charge in [0.25, 0.3) is 15.9 Å². The van der Waals surface area contributed by atoms with Crippen LogP contribution >= 0.6 is 23.2 Å². The van der Waals surface area contributed by atoms with Gasteiger partial charge in [-0.1, -0.05) is 47.5 Å². The first kappa shape index (κ1) is 30.2. The zero-order valence-electron chi connectivity index (χ0n) is 21.7. The summed E-state index contributed by atoms with van der Waals surface area (Å²) in [7, 11) is -4.45. The predicted octanol–water partition coefficient (Wildman–Crippen LogP) is 6.77. The lowest BCUT2D eigenvalue weighted by Gasteiger charge is -2.24. The summed E-state index contributed by atoms with van der Waals surface area (Å²) in [5, 5.41) is 3.91. The molecule has 0 fully saturated rings. The van der Waals surface area contributed by atoms with E-state index >= 15 is 0 Å². The molecule has 0 saturated carbocycles. The van der Waals surface area contributed by atoms with E-state index in [0.29, 0.717) is 21.0 Å². The Morgan fingerprint density at radius 1 is 1.00 bits per heavy atom. The van der Waals surface area contributed by atoms with Gasteiger partial charge in [-0.15, -0.1) is 0 Å². The lowest BCUT2D eigenvalue weighted by Crippen LogP contribution is -2.39. The number of carbonyl (C=O) groups excluding carboxylic acids is 1. The maximum Gasteiger partial charge on any atom is 0.417 e. The van der Waals surface area contributed by atoms with Crippen molar-refractivity contribution >= 4 is 51.0 Å². The van der Waals surface area contributed by atoms with E-state index in [1.165, 1.54) is 30.5 Å². The third kappa shape index (κ3) is 6.75. The van der Waals surface area contributed by atoms with Gasteiger partial charge in [-0.3, -0.25) is 9.10 Å². The quantitative estimate of drug-likeness (QED) is 0.174. The molecule has 4 aromatic rings. The van der Waals surface area contributed by atoms with Gasteiger partial charge in [0.1, 0.15) is 6.54 Å². The molecule has 0 aliphatic rings. The molecule has 3 aromatic carbocycles. The van der Waals surface area contributed by atoms with Gasteiger partial charge in [-0.2, -0.15) is 18.3 Å². The van der Waals surface area contributed by atoms with E-state index in [4.69, 9.17) is 23.2 Å². The minimum absolute atomic E-state index is 0.215. The van der Waals surface area contributed by atoms with Crippen LogP contribution in [-0.2, 0) is 21.0 Å². The number of sulfonamides is 1. The topological polar surface area (TPSA) is 83.8 Å². The smallest absolute Gasteiger partial charge is 0.318 e. The fourth-order valence-corrected chi connectivity index (χ4v) is 6.03. The number of nitrogens with zero attached hydrogens (tertiary/aromatic N) is 3. The maximum absolute atomic E-state index is 13.5. The highest BCUT2D eigenvalue weighted by Crippen LogP contribution is 2.38. The number of hydrogen-bond acceptors (Lipinski definition) is 4. The highest BCUT2D eigenvalue weighted by molar-refractivity contribution is 7.92. The lowest BCUT2D eigenvalue weighted by atomic mass is 10.2. The number of alkyl halides is 3. The minimum atomic E-state index is -4.85. The second-order valence-corrected chi connectivity index (χ2v) is 11.6. The summed E-state index contributed by atoms with van der Waals surface area (Å²) in [5.74, 6) is -0.882. The first-order valence-electron chi connectivity index (χ1n) is 12.0. The Kier molecular flexibility index (Phi) is 8.81. The summed E-state index contributed by atoms with van der Waals surface area (Å²) in [4.78, 5) is 12.6. The molecule has 1 N–H and O–H groups in total. The number of benzene rings is 3. The third-order valence-electron chi connectivity index (χ3n) is 6.09. The van der Waals surface area contributed by atoms with Crippen LogP contribution in [0.5, 0.6) is 0 Å². The molecular formula is C28H23Cl2F3N4O3S. The fourth-order valence-electron chi connectivity index (χ4n) is 4.19. The van der Waals surface area contributed by atoms with Crippen LogP contribution in [-0.4, -0.2) is 31.7 Å². The number of amides is 1. The largest absolute Gasteiger partial charge is 0.417 e. The van der Waals surface area contributed by atoms with Gasteiger partial charge < -0.3 is 4.57 Å². The summed E-state index contributed by atoms with van der Waals surface area (Å²) in [5.41, 5.74) is 3.81. The summed E-state index contributed by atoms with van der Waals surface area (Å²) in [6.45, 7) is 2.89. The molecule has 0 radical (unpaired) electrons. The van der Waals surface area contributed by atoms with E-state index in [-0.39, 0.29) is 4.90 Å². The number of hydrazone groups is 1. The molecule has 0 bridgehead atoms. The molecule has 4 rings (SSSR count). The van der Waals surface area contributed by atoms with Crippen LogP contribution < -0.4 is 9.73 Å². The van der Waals surface area contributed by atoms with Crippen LogP contribution in [0.15, 0.2) is 88.9 Å². The Hall–Kier alpha value is -3.80. The van der Waals surface area contributed by atoms with Crippen molar-refractivity contribution in [2.45, 2.75) is 24.9 Å². The average Bonchev–Trinajstić information content (AvgIpc) is 3.20. The van der Waals surface area contributed by atoms with Crippen molar-refractivity contribution in [3.63, 3.8) is 0 Å². The Morgan fingerprint density at radius 2 is 1.71 bits per heavy atom. The number of aromatic nitrogens is 1. The molecule has 214 valence electrons. The number of carbonyl (C=O) groups is 1. The van der Waals surface area contributed by atoms with E-state index in [2.05, 4.69) is 10.5 Å². The number of aryl methyl sites for hydroxylation is 1. The van der Waals surface area contributed by atoms with E-state index in [1.54, 1.807) is 18.2 Å². The van der Waals surface area contributed by atoms with Crippen molar-refractivity contribution in [3.8, 4) is 5.69 Å². The highest BCUT2D eigenvalue weighted by atomic mass is 35.5. The van der Waals surface area contributed by atoms with Gasteiger partial charge in [0.15, 0.2) is 0 Å². The minimum Gasteiger partial charge on any atom is -0.318 e. The van der Waals surface area contributed by atoms with Gasteiger partial charge in [-0.05, 0) is 68.4 Å². The van der Waals surface area contributed by atoms with E-state index in [1.807, 2.05) is 36.6 Å². The molecule has 0 spiro atoms. The Balaban J connectivity index is 1.61. The maximum atomic E-state index is 13.5. The van der Waals surface area contributed by atoms with Crippen LogP contribution in [0.3, 0.4) is 0 Å². The highest BCUT2D eigenvalue weighted by Gasteiger charge is 2.35. The number of nitrogens with one attached hydrogen (secondary N) is 1. The molecule has 0 atom stereocenters. The second kappa shape index (κ2) is 12.0. The Bertz CT molecular complexity index is 1720. The second-order valence-electron chi connectivity index (χ2n) is 8.92. The van der Waals surface area contributed by atoms with Gasteiger partial charge in [0.2, 0.25) is 0 Å². The van der Waals surface area contributed by atoms with E-state index in [0.717, 1.165) is 29.2 Å². The molecule has 1 heterocycles. The van der Waals surface area contributed by atoms with Gasteiger partial charge in [-0.25, -0.2) is 13.8 Å². The summed E-state index contributed by atoms with van der Waals surface area (Å²) < 4.78 is 70.0. The van der Waals surface area contributed by atoms with Crippen LogP contribution in [0.2, 0.25) is 10.0 Å². The van der Waals surface area contributed by atoms with Crippen molar-refractivity contribution in [3.05, 3.63) is 111 Å². The number of rotatable bonds is 8. The van der Waals surface area contributed by atoms with Crippen molar-refractivity contribution in [2.75, 3.05) is 10.8 Å². The molecule has 13 heteroatoms. The van der Waals surface area contributed by atoms with Gasteiger partial charge in [0.05, 0.1) is 27.4 Å². The zero-order chi connectivity index (χ0) is 29.9. The molecule has 0 saturated heterocycles. The molecule has 0 aliphatic heterocycles. The van der Waals surface area contributed by atoms with E-state index < -0.39 is 44.9 Å².